The highest BCUT2D eigenvalue weighted by Gasteiger charge is 2.38. The Morgan fingerprint density at radius 2 is 1.94 bits per heavy atom. The summed E-state index contributed by atoms with van der Waals surface area (Å²) >= 11 is 0. The van der Waals surface area contributed by atoms with E-state index < -0.39 is 17.4 Å². The molecule has 0 heterocycles. The summed E-state index contributed by atoms with van der Waals surface area (Å²) in [7, 11) is 1.45. The lowest BCUT2D eigenvalue weighted by atomic mass is 9.91. The first-order chi connectivity index (χ1) is 7.91. The summed E-state index contributed by atoms with van der Waals surface area (Å²) in [5.41, 5.74) is -1.09. The monoisotopic (exact) mass is 237 g/mol. The molecule has 0 saturated carbocycles. The third-order valence-electron chi connectivity index (χ3n) is 2.50. The summed E-state index contributed by atoms with van der Waals surface area (Å²) in [6.45, 7) is 2.70. The minimum atomic E-state index is -1.50. The largest absolute Gasteiger partial charge is 0.496 e. The van der Waals surface area contributed by atoms with E-state index in [2.05, 4.69) is 5.32 Å². The van der Waals surface area contributed by atoms with Crippen LogP contribution < -0.4 is 10.1 Å². The molecule has 0 fully saturated rings. The van der Waals surface area contributed by atoms with E-state index in [1.165, 1.54) is 21.0 Å². The van der Waals surface area contributed by atoms with Crippen LogP contribution in [0.25, 0.3) is 0 Å². The number of aliphatic carboxylic acids is 1. The molecule has 1 aromatic rings. The molecular weight excluding hydrogens is 222 g/mol. The van der Waals surface area contributed by atoms with Gasteiger partial charge in [-0.25, -0.2) is 4.79 Å². The Kier molecular flexibility index (Phi) is 3.73. The predicted octanol–water partition coefficient (Wildman–Crippen LogP) is 1.13. The van der Waals surface area contributed by atoms with Crippen molar-refractivity contribution in [3.8, 4) is 5.75 Å². The van der Waals surface area contributed by atoms with Crippen molar-refractivity contribution in [1.82, 2.24) is 5.32 Å². The molecule has 1 rings (SSSR count). The molecule has 1 aromatic carbocycles. The highest BCUT2D eigenvalue weighted by atomic mass is 16.5. The Balaban J connectivity index is 3.31. The third-order valence-corrected chi connectivity index (χ3v) is 2.50. The summed E-state index contributed by atoms with van der Waals surface area (Å²) < 4.78 is 5.11. The second kappa shape index (κ2) is 4.86. The molecule has 1 atom stereocenters. The maximum Gasteiger partial charge on any atom is 0.333 e. The quantitative estimate of drug-likeness (QED) is 0.823. The van der Waals surface area contributed by atoms with Crippen molar-refractivity contribution >= 4 is 11.9 Å². The zero-order valence-corrected chi connectivity index (χ0v) is 9.98. The number of rotatable bonds is 4. The summed E-state index contributed by atoms with van der Waals surface area (Å²) in [5, 5.41) is 11.7. The van der Waals surface area contributed by atoms with Crippen LogP contribution in [0.2, 0.25) is 0 Å². The number of para-hydroxylation sites is 1. The van der Waals surface area contributed by atoms with Gasteiger partial charge in [-0.2, -0.15) is 0 Å². The van der Waals surface area contributed by atoms with E-state index >= 15 is 0 Å². The van der Waals surface area contributed by atoms with Crippen LogP contribution in [-0.4, -0.2) is 24.1 Å². The predicted molar refractivity (Wildman–Crippen MR) is 61.8 cm³/mol. The first kappa shape index (κ1) is 13.0. The molecule has 17 heavy (non-hydrogen) atoms. The molecule has 5 nitrogen and oxygen atoms in total. The molecule has 0 aliphatic heterocycles. The lowest BCUT2D eigenvalue weighted by Gasteiger charge is -2.27. The number of carbonyl (C=O) groups excluding carboxylic acids is 1. The fraction of sp³-hybridized carbons (Fsp3) is 0.333. The first-order valence-corrected chi connectivity index (χ1v) is 5.07. The highest BCUT2D eigenvalue weighted by Crippen LogP contribution is 2.29. The normalized spacial score (nSPS) is 13.6. The second-order valence-electron chi connectivity index (χ2n) is 3.81. The van der Waals surface area contributed by atoms with Gasteiger partial charge in [0.05, 0.1) is 7.11 Å². The van der Waals surface area contributed by atoms with Gasteiger partial charge in [-0.05, 0) is 13.0 Å². The molecule has 0 spiro atoms. The van der Waals surface area contributed by atoms with Gasteiger partial charge in [-0.1, -0.05) is 18.2 Å². The van der Waals surface area contributed by atoms with Crippen molar-refractivity contribution in [2.45, 2.75) is 19.4 Å². The lowest BCUT2D eigenvalue weighted by Crippen LogP contribution is -2.48. The Morgan fingerprint density at radius 1 is 1.35 bits per heavy atom. The molecule has 0 aliphatic rings. The number of hydrogen-bond acceptors (Lipinski definition) is 3. The van der Waals surface area contributed by atoms with Gasteiger partial charge in [-0.3, -0.25) is 4.79 Å². The van der Waals surface area contributed by atoms with E-state index in [0.717, 1.165) is 0 Å². The average Bonchev–Trinajstić information content (AvgIpc) is 2.27. The van der Waals surface area contributed by atoms with E-state index in [1.807, 2.05) is 0 Å². The standard InChI is InChI=1S/C12H15NO4/c1-8(14)13-12(2,11(15)16)9-6-4-5-7-10(9)17-3/h4-7H,1-3H3,(H,13,14)(H,15,16). The first-order valence-electron chi connectivity index (χ1n) is 5.07. The van der Waals surface area contributed by atoms with Crippen molar-refractivity contribution in [3.63, 3.8) is 0 Å². The zero-order valence-electron chi connectivity index (χ0n) is 9.98. The fourth-order valence-electron chi connectivity index (χ4n) is 1.65. The van der Waals surface area contributed by atoms with Crippen LogP contribution in [0.1, 0.15) is 19.4 Å². The van der Waals surface area contributed by atoms with Gasteiger partial charge in [0.15, 0.2) is 5.54 Å². The van der Waals surface area contributed by atoms with Gasteiger partial charge in [0.25, 0.3) is 0 Å². The molecule has 0 saturated heterocycles. The van der Waals surface area contributed by atoms with Gasteiger partial charge in [-0.15, -0.1) is 0 Å². The molecule has 2 N–H and O–H groups in total. The summed E-state index contributed by atoms with van der Waals surface area (Å²) in [6.07, 6.45) is 0. The zero-order chi connectivity index (χ0) is 13.1. The van der Waals surface area contributed by atoms with Gasteiger partial charge in [0.1, 0.15) is 5.75 Å². The van der Waals surface area contributed by atoms with Gasteiger partial charge in [0.2, 0.25) is 5.91 Å². The minimum absolute atomic E-state index is 0.408. The number of amides is 1. The van der Waals surface area contributed by atoms with Crippen molar-refractivity contribution < 1.29 is 19.4 Å². The molecular formula is C12H15NO4. The molecule has 0 bridgehead atoms. The van der Waals surface area contributed by atoms with Gasteiger partial charge in [0, 0.05) is 12.5 Å². The molecule has 1 unspecified atom stereocenters. The molecule has 5 heteroatoms. The van der Waals surface area contributed by atoms with Crippen LogP contribution in [0.4, 0.5) is 0 Å². The SMILES string of the molecule is COc1ccccc1C(C)(NC(C)=O)C(=O)O. The number of nitrogens with one attached hydrogen (secondary N) is 1. The van der Waals surface area contributed by atoms with E-state index in [0.29, 0.717) is 11.3 Å². The summed E-state index contributed by atoms with van der Waals surface area (Å²) in [4.78, 5) is 22.5. The van der Waals surface area contributed by atoms with Crippen LogP contribution >= 0.6 is 0 Å². The number of benzene rings is 1. The summed E-state index contributed by atoms with van der Waals surface area (Å²) in [6, 6.07) is 6.69. The molecule has 0 aromatic heterocycles. The average molecular weight is 237 g/mol. The Labute approximate surface area is 99.4 Å². The fourth-order valence-corrected chi connectivity index (χ4v) is 1.65. The molecule has 1 amide bonds. The van der Waals surface area contributed by atoms with Crippen molar-refractivity contribution in [1.29, 1.82) is 0 Å². The molecule has 92 valence electrons. The maximum atomic E-state index is 11.4. The number of carbonyl (C=O) groups is 2. The Hall–Kier alpha value is -2.04. The van der Waals surface area contributed by atoms with Crippen LogP contribution in [0.5, 0.6) is 5.75 Å². The smallest absolute Gasteiger partial charge is 0.333 e. The number of methoxy groups -OCH3 is 1. The Morgan fingerprint density at radius 3 is 2.41 bits per heavy atom. The highest BCUT2D eigenvalue weighted by molar-refractivity contribution is 5.87. The van der Waals surface area contributed by atoms with Crippen LogP contribution in [0.3, 0.4) is 0 Å². The van der Waals surface area contributed by atoms with Crippen molar-refractivity contribution in [2.75, 3.05) is 7.11 Å². The van der Waals surface area contributed by atoms with Crippen LogP contribution in [0.15, 0.2) is 24.3 Å². The second-order valence-corrected chi connectivity index (χ2v) is 3.81. The number of carboxylic acids is 1. The van der Waals surface area contributed by atoms with Crippen LogP contribution in [0, 0.1) is 0 Å². The molecule has 0 radical (unpaired) electrons. The summed E-state index contributed by atoms with van der Waals surface area (Å²) in [5.74, 6) is -1.14. The molecule has 0 aliphatic carbocycles. The van der Waals surface area contributed by atoms with E-state index in [1.54, 1.807) is 24.3 Å². The van der Waals surface area contributed by atoms with Gasteiger partial charge < -0.3 is 15.2 Å². The van der Waals surface area contributed by atoms with E-state index in [9.17, 15) is 14.7 Å². The maximum absolute atomic E-state index is 11.4. The number of carboxylic acid groups (broad SMARTS) is 1. The Bertz CT molecular complexity index is 444. The lowest BCUT2D eigenvalue weighted by molar-refractivity contribution is -0.147. The van der Waals surface area contributed by atoms with Crippen molar-refractivity contribution in [3.05, 3.63) is 29.8 Å². The van der Waals surface area contributed by atoms with Gasteiger partial charge >= 0.3 is 5.97 Å². The van der Waals surface area contributed by atoms with E-state index in [-0.39, 0.29) is 0 Å². The minimum Gasteiger partial charge on any atom is -0.496 e. The van der Waals surface area contributed by atoms with Crippen molar-refractivity contribution in [2.24, 2.45) is 0 Å². The topological polar surface area (TPSA) is 75.6 Å². The van der Waals surface area contributed by atoms with Crippen LogP contribution in [-0.2, 0) is 15.1 Å². The number of ether oxygens (including phenoxy) is 1. The van der Waals surface area contributed by atoms with E-state index in [4.69, 9.17) is 4.74 Å². The third kappa shape index (κ3) is 2.55. The number of hydrogen-bond donors (Lipinski definition) is 2.